The molecule has 0 radical (unpaired) electrons. The van der Waals surface area contributed by atoms with Gasteiger partial charge in [-0.05, 0) is 31.2 Å². The van der Waals surface area contributed by atoms with Crippen molar-refractivity contribution in [1.82, 2.24) is 9.97 Å². The number of hydrogen-bond acceptors (Lipinski definition) is 3. The highest BCUT2D eigenvalue weighted by Crippen LogP contribution is 2.17. The molecule has 2 aromatic rings. The molecule has 92 valence electrons. The molecular weight excluding hydrogens is 273 g/mol. The second-order valence-corrected chi connectivity index (χ2v) is 4.40. The largest absolute Gasteiger partial charge is 0.319 e. The van der Waals surface area contributed by atoms with Gasteiger partial charge in [0.25, 0.3) is 5.91 Å². The summed E-state index contributed by atoms with van der Waals surface area (Å²) in [6.07, 6.45) is 1.48. The quantitative estimate of drug-likeness (QED) is 0.859. The Balaban J connectivity index is 2.21. The van der Waals surface area contributed by atoms with Gasteiger partial charge in [0.05, 0.1) is 11.4 Å². The van der Waals surface area contributed by atoms with Crippen molar-refractivity contribution in [3.63, 3.8) is 0 Å². The minimum absolute atomic E-state index is 0.247. The first kappa shape index (κ1) is 12.8. The molecular formula is C12H9Cl2N3O. The molecule has 0 fully saturated rings. The fraction of sp³-hybridized carbons (Fsp3) is 0.0833. The predicted molar refractivity (Wildman–Crippen MR) is 71.2 cm³/mol. The van der Waals surface area contributed by atoms with E-state index in [-0.39, 0.29) is 11.6 Å². The van der Waals surface area contributed by atoms with E-state index in [2.05, 4.69) is 15.3 Å². The molecule has 1 amide bonds. The van der Waals surface area contributed by atoms with Crippen molar-refractivity contribution in [3.05, 3.63) is 52.0 Å². The molecule has 0 unspecified atom stereocenters. The van der Waals surface area contributed by atoms with Gasteiger partial charge in [-0.15, -0.1) is 0 Å². The van der Waals surface area contributed by atoms with Crippen molar-refractivity contribution in [3.8, 4) is 0 Å². The summed E-state index contributed by atoms with van der Waals surface area (Å²) in [5, 5.41) is 3.54. The minimum Gasteiger partial charge on any atom is -0.319 e. The molecule has 0 spiro atoms. The molecule has 0 aliphatic heterocycles. The lowest BCUT2D eigenvalue weighted by molar-refractivity contribution is 0.102. The van der Waals surface area contributed by atoms with Crippen LogP contribution in [0.1, 0.15) is 16.2 Å². The molecule has 0 aliphatic carbocycles. The monoisotopic (exact) mass is 281 g/mol. The SMILES string of the molecule is Cc1nc(Cl)ccc1NC(=O)c1cc(Cl)ccn1. The Labute approximate surface area is 114 Å². The molecule has 0 saturated heterocycles. The summed E-state index contributed by atoms with van der Waals surface area (Å²) in [6.45, 7) is 1.76. The number of aryl methyl sites for hydroxylation is 1. The van der Waals surface area contributed by atoms with Crippen LogP contribution < -0.4 is 5.32 Å². The van der Waals surface area contributed by atoms with Gasteiger partial charge >= 0.3 is 0 Å². The van der Waals surface area contributed by atoms with Crippen LogP contribution in [0.5, 0.6) is 0 Å². The third kappa shape index (κ3) is 2.97. The molecule has 0 atom stereocenters. The van der Waals surface area contributed by atoms with Crippen LogP contribution in [-0.4, -0.2) is 15.9 Å². The summed E-state index contributed by atoms with van der Waals surface area (Å²) < 4.78 is 0. The number of carbonyl (C=O) groups is 1. The Bertz CT molecular complexity index is 602. The second kappa shape index (κ2) is 5.33. The number of nitrogens with zero attached hydrogens (tertiary/aromatic N) is 2. The average Bonchev–Trinajstić information content (AvgIpc) is 2.32. The predicted octanol–water partition coefficient (Wildman–Crippen LogP) is 3.34. The highest BCUT2D eigenvalue weighted by molar-refractivity contribution is 6.31. The fourth-order valence-electron chi connectivity index (χ4n) is 1.38. The zero-order valence-electron chi connectivity index (χ0n) is 9.45. The highest BCUT2D eigenvalue weighted by atomic mass is 35.5. The maximum absolute atomic E-state index is 11.9. The lowest BCUT2D eigenvalue weighted by Gasteiger charge is -2.07. The van der Waals surface area contributed by atoms with Crippen LogP contribution in [0.2, 0.25) is 10.2 Å². The standard InChI is InChI=1S/C12H9Cl2N3O/c1-7-9(2-3-11(14)16-7)17-12(18)10-6-8(13)4-5-15-10/h2-6H,1H3,(H,17,18). The number of amides is 1. The number of aromatic nitrogens is 2. The summed E-state index contributed by atoms with van der Waals surface area (Å²) in [4.78, 5) is 19.9. The Morgan fingerprint density at radius 1 is 1.28 bits per heavy atom. The van der Waals surface area contributed by atoms with Crippen molar-refractivity contribution in [2.45, 2.75) is 6.92 Å². The molecule has 1 N–H and O–H groups in total. The third-order valence-corrected chi connectivity index (χ3v) is 2.70. The first-order valence-corrected chi connectivity index (χ1v) is 5.88. The highest BCUT2D eigenvalue weighted by Gasteiger charge is 2.10. The molecule has 0 saturated carbocycles. The van der Waals surface area contributed by atoms with Crippen molar-refractivity contribution in [2.75, 3.05) is 5.32 Å². The van der Waals surface area contributed by atoms with Gasteiger partial charge in [-0.3, -0.25) is 9.78 Å². The van der Waals surface area contributed by atoms with Crippen LogP contribution in [0.4, 0.5) is 5.69 Å². The number of pyridine rings is 2. The van der Waals surface area contributed by atoms with E-state index in [1.807, 2.05) is 0 Å². The molecule has 6 heteroatoms. The van der Waals surface area contributed by atoms with E-state index in [0.717, 1.165) is 0 Å². The van der Waals surface area contributed by atoms with E-state index in [1.165, 1.54) is 12.3 Å². The summed E-state index contributed by atoms with van der Waals surface area (Å²) in [6, 6.07) is 6.39. The number of nitrogens with one attached hydrogen (secondary N) is 1. The van der Waals surface area contributed by atoms with Crippen LogP contribution in [0.15, 0.2) is 30.5 Å². The number of rotatable bonds is 2. The van der Waals surface area contributed by atoms with E-state index in [4.69, 9.17) is 23.2 Å². The number of hydrogen-bond donors (Lipinski definition) is 1. The molecule has 0 aromatic carbocycles. The first-order valence-electron chi connectivity index (χ1n) is 5.12. The Kier molecular flexibility index (Phi) is 3.79. The van der Waals surface area contributed by atoms with Gasteiger partial charge in [0, 0.05) is 11.2 Å². The van der Waals surface area contributed by atoms with Gasteiger partial charge < -0.3 is 5.32 Å². The van der Waals surface area contributed by atoms with Gasteiger partial charge in [-0.2, -0.15) is 0 Å². The van der Waals surface area contributed by atoms with E-state index in [0.29, 0.717) is 21.6 Å². The number of carbonyl (C=O) groups excluding carboxylic acids is 1. The number of anilines is 1. The lowest BCUT2D eigenvalue weighted by Crippen LogP contribution is -2.14. The molecule has 2 aromatic heterocycles. The zero-order chi connectivity index (χ0) is 13.1. The minimum atomic E-state index is -0.343. The summed E-state index contributed by atoms with van der Waals surface area (Å²) in [5.41, 5.74) is 1.47. The van der Waals surface area contributed by atoms with Crippen LogP contribution in [0, 0.1) is 6.92 Å². The Morgan fingerprint density at radius 3 is 2.72 bits per heavy atom. The summed E-state index contributed by atoms with van der Waals surface area (Å²) in [5.74, 6) is -0.343. The van der Waals surface area contributed by atoms with Gasteiger partial charge in [-0.1, -0.05) is 23.2 Å². The molecule has 4 nitrogen and oxygen atoms in total. The Hall–Kier alpha value is -1.65. The van der Waals surface area contributed by atoms with E-state index < -0.39 is 0 Å². The molecule has 18 heavy (non-hydrogen) atoms. The topological polar surface area (TPSA) is 54.9 Å². The maximum Gasteiger partial charge on any atom is 0.274 e. The smallest absolute Gasteiger partial charge is 0.274 e. The van der Waals surface area contributed by atoms with Crippen LogP contribution in [0.25, 0.3) is 0 Å². The van der Waals surface area contributed by atoms with Crippen LogP contribution in [0.3, 0.4) is 0 Å². The third-order valence-electron chi connectivity index (χ3n) is 2.25. The molecule has 2 heterocycles. The average molecular weight is 282 g/mol. The van der Waals surface area contributed by atoms with Crippen molar-refractivity contribution in [1.29, 1.82) is 0 Å². The first-order chi connectivity index (χ1) is 8.56. The van der Waals surface area contributed by atoms with Gasteiger partial charge in [0.2, 0.25) is 0 Å². The summed E-state index contributed by atoms with van der Waals surface area (Å²) >= 11 is 11.5. The lowest BCUT2D eigenvalue weighted by atomic mass is 10.3. The molecule has 0 bridgehead atoms. The van der Waals surface area contributed by atoms with Crippen LogP contribution >= 0.6 is 23.2 Å². The molecule has 2 rings (SSSR count). The Morgan fingerprint density at radius 2 is 2.06 bits per heavy atom. The zero-order valence-corrected chi connectivity index (χ0v) is 11.0. The van der Waals surface area contributed by atoms with E-state index >= 15 is 0 Å². The molecule has 0 aliphatic rings. The maximum atomic E-state index is 11.9. The summed E-state index contributed by atoms with van der Waals surface area (Å²) in [7, 11) is 0. The number of halogens is 2. The van der Waals surface area contributed by atoms with Crippen molar-refractivity contribution >= 4 is 34.8 Å². The van der Waals surface area contributed by atoms with Crippen molar-refractivity contribution in [2.24, 2.45) is 0 Å². The van der Waals surface area contributed by atoms with Crippen molar-refractivity contribution < 1.29 is 4.79 Å². The van der Waals surface area contributed by atoms with Gasteiger partial charge in [-0.25, -0.2) is 4.98 Å². The normalized spacial score (nSPS) is 10.2. The van der Waals surface area contributed by atoms with Gasteiger partial charge in [0.1, 0.15) is 10.8 Å². The second-order valence-electron chi connectivity index (χ2n) is 3.58. The van der Waals surface area contributed by atoms with E-state index in [9.17, 15) is 4.79 Å². The van der Waals surface area contributed by atoms with E-state index in [1.54, 1.807) is 25.1 Å². The van der Waals surface area contributed by atoms with Crippen LogP contribution in [-0.2, 0) is 0 Å². The fourth-order valence-corrected chi connectivity index (χ4v) is 1.73. The van der Waals surface area contributed by atoms with Gasteiger partial charge in [0.15, 0.2) is 0 Å².